The number of likely N-dealkylation sites (tertiary alicyclic amines) is 1. The number of piperidine rings is 1. The maximum Gasteiger partial charge on any atom is 0.235 e. The lowest BCUT2D eigenvalue weighted by molar-refractivity contribution is -0.134. The van der Waals surface area contributed by atoms with E-state index in [1.54, 1.807) is 11.8 Å². The van der Waals surface area contributed by atoms with Crippen molar-refractivity contribution < 1.29 is 9.59 Å². The number of hydrogen-bond acceptors (Lipinski definition) is 3. The lowest BCUT2D eigenvalue weighted by atomic mass is 9.95. The largest absolute Gasteiger partial charge is 0.356 e. The normalized spacial score (nSPS) is 16.7. The van der Waals surface area contributed by atoms with Gasteiger partial charge < -0.3 is 10.2 Å². The van der Waals surface area contributed by atoms with E-state index >= 15 is 0 Å². The minimum atomic E-state index is -0.0457. The zero-order chi connectivity index (χ0) is 17.4. The molecule has 5 heteroatoms. The summed E-state index contributed by atoms with van der Waals surface area (Å²) in [5.74, 6) is 1.26. The summed E-state index contributed by atoms with van der Waals surface area (Å²) in [7, 11) is 0. The van der Waals surface area contributed by atoms with Crippen molar-refractivity contribution in [2.75, 3.05) is 19.6 Å². The molecule has 1 heterocycles. The third-order valence-corrected chi connectivity index (χ3v) is 5.62. The summed E-state index contributed by atoms with van der Waals surface area (Å²) in [6, 6.07) is 10.2. The van der Waals surface area contributed by atoms with Crippen LogP contribution in [0.25, 0.3) is 0 Å². The number of benzene rings is 1. The highest BCUT2D eigenvalue weighted by atomic mass is 32.2. The second kappa shape index (κ2) is 9.72. The van der Waals surface area contributed by atoms with Gasteiger partial charge in [-0.15, -0.1) is 11.8 Å². The first-order valence-corrected chi connectivity index (χ1v) is 9.88. The van der Waals surface area contributed by atoms with E-state index in [0.717, 1.165) is 31.6 Å². The van der Waals surface area contributed by atoms with Crippen molar-refractivity contribution in [2.24, 2.45) is 5.92 Å². The van der Waals surface area contributed by atoms with E-state index in [1.165, 1.54) is 5.56 Å². The Kier molecular flexibility index (Phi) is 7.63. The summed E-state index contributed by atoms with van der Waals surface area (Å²) in [4.78, 5) is 26.5. The number of nitrogens with one attached hydrogen (secondary N) is 1. The second-order valence-corrected chi connectivity index (χ2v) is 7.66. The first-order valence-electron chi connectivity index (χ1n) is 8.83. The first kappa shape index (κ1) is 18.8. The lowest BCUT2D eigenvalue weighted by Crippen LogP contribution is -2.45. The predicted molar refractivity (Wildman–Crippen MR) is 99.8 cm³/mol. The molecule has 0 bridgehead atoms. The van der Waals surface area contributed by atoms with Crippen molar-refractivity contribution in [3.05, 3.63) is 35.9 Å². The van der Waals surface area contributed by atoms with Gasteiger partial charge in [-0.2, -0.15) is 0 Å². The summed E-state index contributed by atoms with van der Waals surface area (Å²) in [6.45, 7) is 6.16. The van der Waals surface area contributed by atoms with Crippen LogP contribution in [0.5, 0.6) is 0 Å². The van der Waals surface area contributed by atoms with E-state index in [9.17, 15) is 9.59 Å². The quantitative estimate of drug-likeness (QED) is 0.824. The number of rotatable bonds is 7. The molecule has 0 saturated carbocycles. The molecule has 1 aromatic carbocycles. The molecule has 1 saturated heterocycles. The van der Waals surface area contributed by atoms with E-state index in [-0.39, 0.29) is 23.0 Å². The van der Waals surface area contributed by atoms with Gasteiger partial charge >= 0.3 is 0 Å². The molecule has 132 valence electrons. The summed E-state index contributed by atoms with van der Waals surface area (Å²) >= 11 is 1.68. The van der Waals surface area contributed by atoms with E-state index in [1.807, 2.05) is 30.0 Å². The van der Waals surface area contributed by atoms with Crippen LogP contribution in [0.2, 0.25) is 0 Å². The van der Waals surface area contributed by atoms with Crippen LogP contribution < -0.4 is 5.32 Å². The molecule has 0 unspecified atom stereocenters. The molecule has 1 atom stereocenters. The molecule has 1 aromatic rings. The van der Waals surface area contributed by atoms with Crippen LogP contribution in [0.1, 0.15) is 38.7 Å². The highest BCUT2D eigenvalue weighted by molar-refractivity contribution is 7.99. The fourth-order valence-corrected chi connectivity index (χ4v) is 3.81. The topological polar surface area (TPSA) is 49.4 Å². The summed E-state index contributed by atoms with van der Waals surface area (Å²) in [5, 5.41) is 2.92. The van der Waals surface area contributed by atoms with E-state index in [4.69, 9.17) is 0 Å². The average molecular weight is 349 g/mol. The smallest absolute Gasteiger partial charge is 0.235 e. The number of carbonyl (C=O) groups excluding carboxylic acids is 2. The number of carbonyl (C=O) groups is 2. The maximum absolute atomic E-state index is 12.6. The van der Waals surface area contributed by atoms with Crippen LogP contribution in [-0.4, -0.2) is 41.6 Å². The molecule has 1 aliphatic rings. The number of nitrogens with zero attached hydrogens (tertiary/aromatic N) is 1. The molecule has 1 aliphatic heterocycles. The molecule has 2 rings (SSSR count). The molecule has 0 aromatic heterocycles. The van der Waals surface area contributed by atoms with Gasteiger partial charge in [-0.1, -0.05) is 37.3 Å². The molecule has 0 spiro atoms. The van der Waals surface area contributed by atoms with Gasteiger partial charge in [0.15, 0.2) is 0 Å². The lowest BCUT2D eigenvalue weighted by Gasteiger charge is -2.33. The van der Waals surface area contributed by atoms with Crippen LogP contribution in [-0.2, 0) is 15.3 Å². The fraction of sp³-hybridized carbons (Fsp3) is 0.579. The van der Waals surface area contributed by atoms with Gasteiger partial charge in [0, 0.05) is 31.3 Å². The van der Waals surface area contributed by atoms with E-state index in [2.05, 4.69) is 24.4 Å². The molecule has 0 radical (unpaired) electrons. The molecule has 2 amide bonds. The van der Waals surface area contributed by atoms with Crippen LogP contribution in [0.15, 0.2) is 30.3 Å². The van der Waals surface area contributed by atoms with E-state index < -0.39 is 0 Å². The molecule has 1 N–H and O–H groups in total. The Morgan fingerprint density at radius 1 is 1.25 bits per heavy atom. The van der Waals surface area contributed by atoms with Crippen LogP contribution in [0.3, 0.4) is 0 Å². The molecular formula is C19H28N2O2S. The fourth-order valence-electron chi connectivity index (χ4n) is 2.88. The summed E-state index contributed by atoms with van der Waals surface area (Å²) in [6.07, 6.45) is 2.51. The van der Waals surface area contributed by atoms with Gasteiger partial charge in [0.25, 0.3) is 0 Å². The third-order valence-electron chi connectivity index (χ3n) is 4.42. The minimum absolute atomic E-state index is 0.0457. The Morgan fingerprint density at radius 2 is 1.92 bits per heavy atom. The predicted octanol–water partition coefficient (Wildman–Crippen LogP) is 3.07. The molecule has 0 aliphatic carbocycles. The Balaban J connectivity index is 1.74. The highest BCUT2D eigenvalue weighted by Gasteiger charge is 2.29. The molecule has 24 heavy (non-hydrogen) atoms. The number of thioether (sulfide) groups is 1. The second-order valence-electron chi connectivity index (χ2n) is 6.33. The van der Waals surface area contributed by atoms with Gasteiger partial charge in [-0.25, -0.2) is 0 Å². The van der Waals surface area contributed by atoms with Crippen molar-refractivity contribution in [1.29, 1.82) is 0 Å². The van der Waals surface area contributed by atoms with Crippen molar-refractivity contribution in [3.63, 3.8) is 0 Å². The molecule has 1 fully saturated rings. The van der Waals surface area contributed by atoms with Crippen molar-refractivity contribution in [3.8, 4) is 0 Å². The number of hydrogen-bond donors (Lipinski definition) is 1. The van der Waals surface area contributed by atoms with Crippen LogP contribution >= 0.6 is 11.8 Å². The van der Waals surface area contributed by atoms with Crippen molar-refractivity contribution in [1.82, 2.24) is 10.2 Å². The molecule has 4 nitrogen and oxygen atoms in total. The summed E-state index contributed by atoms with van der Waals surface area (Å²) < 4.78 is 0. The van der Waals surface area contributed by atoms with Gasteiger partial charge in [0.1, 0.15) is 0 Å². The van der Waals surface area contributed by atoms with Crippen LogP contribution in [0.4, 0.5) is 0 Å². The Bertz CT molecular complexity index is 527. The third kappa shape index (κ3) is 5.55. The van der Waals surface area contributed by atoms with Gasteiger partial charge in [0.05, 0.1) is 5.25 Å². The SMILES string of the molecule is CCCNC(=O)C1CCN(C(=O)[C@@H](C)SCc2ccccc2)CC1. The van der Waals surface area contributed by atoms with Crippen molar-refractivity contribution in [2.45, 2.75) is 44.1 Å². The highest BCUT2D eigenvalue weighted by Crippen LogP contribution is 2.23. The zero-order valence-electron chi connectivity index (χ0n) is 14.7. The Labute approximate surface area is 149 Å². The Morgan fingerprint density at radius 3 is 2.54 bits per heavy atom. The average Bonchev–Trinajstić information content (AvgIpc) is 2.64. The minimum Gasteiger partial charge on any atom is -0.356 e. The zero-order valence-corrected chi connectivity index (χ0v) is 15.5. The first-order chi connectivity index (χ1) is 11.6. The standard InChI is InChI=1S/C19H28N2O2S/c1-3-11-20-18(22)17-9-12-21(13-10-17)19(23)15(2)24-14-16-7-5-4-6-8-16/h4-8,15,17H,3,9-14H2,1-2H3,(H,20,22)/t15-/m1/s1. The van der Waals surface area contributed by atoms with Crippen LogP contribution in [0, 0.1) is 5.92 Å². The molecular weight excluding hydrogens is 320 g/mol. The van der Waals surface area contributed by atoms with Gasteiger partial charge in [-0.05, 0) is 31.7 Å². The Hall–Kier alpha value is -1.49. The number of amides is 2. The summed E-state index contributed by atoms with van der Waals surface area (Å²) in [5.41, 5.74) is 1.24. The van der Waals surface area contributed by atoms with Gasteiger partial charge in [0.2, 0.25) is 11.8 Å². The van der Waals surface area contributed by atoms with Crippen molar-refractivity contribution >= 4 is 23.6 Å². The maximum atomic E-state index is 12.6. The monoisotopic (exact) mass is 348 g/mol. The van der Waals surface area contributed by atoms with Gasteiger partial charge in [-0.3, -0.25) is 9.59 Å². The van der Waals surface area contributed by atoms with E-state index in [0.29, 0.717) is 13.1 Å².